The van der Waals surface area contributed by atoms with Gasteiger partial charge in [0.05, 0.1) is 10.2 Å². The Morgan fingerprint density at radius 3 is 2.55 bits per heavy atom. The monoisotopic (exact) mass is 318 g/mol. The number of hydrogen-bond acceptors (Lipinski definition) is 5. The molecular weight excluding hydrogens is 292 g/mol. The molecular formula is C17H26N4S. The molecule has 2 heterocycles. The first kappa shape index (κ1) is 15.7. The highest BCUT2D eigenvalue weighted by Gasteiger charge is 2.21. The molecule has 5 heteroatoms. The Balaban J connectivity index is 1.75. The van der Waals surface area contributed by atoms with Gasteiger partial charge in [-0.1, -0.05) is 17.4 Å². The topological polar surface area (TPSA) is 22.6 Å². The van der Waals surface area contributed by atoms with Crippen LogP contribution in [0.4, 0.5) is 5.13 Å². The predicted octanol–water partition coefficient (Wildman–Crippen LogP) is 2.89. The minimum Gasteiger partial charge on any atom is -0.345 e. The first-order valence-corrected chi connectivity index (χ1v) is 8.88. The Morgan fingerprint density at radius 2 is 1.91 bits per heavy atom. The molecule has 22 heavy (non-hydrogen) atoms. The second-order valence-electron chi connectivity index (χ2n) is 6.65. The van der Waals surface area contributed by atoms with Gasteiger partial charge in [0.2, 0.25) is 0 Å². The highest BCUT2D eigenvalue weighted by atomic mass is 32.1. The van der Waals surface area contributed by atoms with Gasteiger partial charge >= 0.3 is 0 Å². The molecule has 0 unspecified atom stereocenters. The van der Waals surface area contributed by atoms with E-state index >= 15 is 0 Å². The summed E-state index contributed by atoms with van der Waals surface area (Å²) in [6.07, 6.45) is 0. The average Bonchev–Trinajstić information content (AvgIpc) is 2.90. The molecule has 0 bridgehead atoms. The molecule has 0 amide bonds. The second kappa shape index (κ2) is 6.52. The fourth-order valence-electron chi connectivity index (χ4n) is 2.99. The molecule has 1 fully saturated rings. The minimum atomic E-state index is 0.645. The van der Waals surface area contributed by atoms with Crippen molar-refractivity contribution < 1.29 is 0 Å². The normalized spacial score (nSPS) is 17.1. The second-order valence-corrected chi connectivity index (χ2v) is 7.66. The van der Waals surface area contributed by atoms with Crippen molar-refractivity contribution in [2.75, 3.05) is 45.2 Å². The zero-order valence-corrected chi connectivity index (χ0v) is 14.9. The molecule has 1 aliphatic heterocycles. The number of nitrogens with zero attached hydrogens (tertiary/aromatic N) is 4. The Bertz CT molecular complexity index is 627. The van der Waals surface area contributed by atoms with Gasteiger partial charge in [-0.3, -0.25) is 4.90 Å². The van der Waals surface area contributed by atoms with Crippen LogP contribution in [0.3, 0.4) is 0 Å². The molecule has 1 saturated heterocycles. The fourth-order valence-corrected chi connectivity index (χ4v) is 4.07. The number of thiazole rings is 1. The smallest absolute Gasteiger partial charge is 0.186 e. The van der Waals surface area contributed by atoms with Crippen molar-refractivity contribution in [3.05, 3.63) is 23.8 Å². The SMILES string of the molecule is CC(C)N1CCN(c2nc3ccc(CN(C)C)cc3s2)CC1. The van der Waals surface area contributed by atoms with E-state index < -0.39 is 0 Å². The zero-order chi connectivity index (χ0) is 15.7. The van der Waals surface area contributed by atoms with Crippen LogP contribution in [0, 0.1) is 0 Å². The number of rotatable bonds is 4. The van der Waals surface area contributed by atoms with Crippen molar-refractivity contribution in [1.82, 2.24) is 14.8 Å². The van der Waals surface area contributed by atoms with Crippen LogP contribution in [0.2, 0.25) is 0 Å². The number of benzene rings is 1. The highest BCUT2D eigenvalue weighted by molar-refractivity contribution is 7.22. The van der Waals surface area contributed by atoms with Crippen LogP contribution in [-0.4, -0.2) is 61.1 Å². The standard InChI is InChI=1S/C17H26N4S/c1-13(2)20-7-9-21(10-8-20)17-18-15-6-5-14(12-19(3)4)11-16(15)22-17/h5-6,11,13H,7-10,12H2,1-4H3. The lowest BCUT2D eigenvalue weighted by Gasteiger charge is -2.36. The first-order chi connectivity index (χ1) is 10.5. The number of aromatic nitrogens is 1. The summed E-state index contributed by atoms with van der Waals surface area (Å²) in [5.41, 5.74) is 2.49. The Morgan fingerprint density at radius 1 is 1.18 bits per heavy atom. The van der Waals surface area contributed by atoms with Crippen molar-refractivity contribution >= 4 is 26.7 Å². The van der Waals surface area contributed by atoms with Gasteiger partial charge in [-0.25, -0.2) is 4.98 Å². The van der Waals surface area contributed by atoms with E-state index in [4.69, 9.17) is 4.98 Å². The van der Waals surface area contributed by atoms with E-state index in [1.54, 1.807) is 0 Å². The van der Waals surface area contributed by atoms with Crippen molar-refractivity contribution in [3.8, 4) is 0 Å². The summed E-state index contributed by atoms with van der Waals surface area (Å²) in [7, 11) is 4.22. The Labute approximate surface area is 137 Å². The van der Waals surface area contributed by atoms with Gasteiger partial charge in [0.15, 0.2) is 5.13 Å². The van der Waals surface area contributed by atoms with Gasteiger partial charge in [0.1, 0.15) is 0 Å². The van der Waals surface area contributed by atoms with E-state index in [1.165, 1.54) is 15.4 Å². The molecule has 1 aromatic heterocycles. The first-order valence-electron chi connectivity index (χ1n) is 8.06. The Hall–Kier alpha value is -1.17. The maximum absolute atomic E-state index is 4.84. The van der Waals surface area contributed by atoms with Crippen LogP contribution in [0.25, 0.3) is 10.2 Å². The quantitative estimate of drug-likeness (QED) is 0.864. The van der Waals surface area contributed by atoms with Crippen molar-refractivity contribution in [2.24, 2.45) is 0 Å². The van der Waals surface area contributed by atoms with E-state index in [1.807, 2.05) is 11.3 Å². The Kier molecular flexibility index (Phi) is 4.66. The number of hydrogen-bond donors (Lipinski definition) is 0. The van der Waals surface area contributed by atoms with E-state index in [0.29, 0.717) is 6.04 Å². The van der Waals surface area contributed by atoms with Crippen LogP contribution in [0.1, 0.15) is 19.4 Å². The molecule has 3 rings (SSSR count). The molecule has 1 aliphatic rings. The molecule has 0 atom stereocenters. The molecule has 0 aliphatic carbocycles. The van der Waals surface area contributed by atoms with Gasteiger partial charge < -0.3 is 9.80 Å². The maximum atomic E-state index is 4.84. The number of piperazine rings is 1. The van der Waals surface area contributed by atoms with Crippen LogP contribution in [-0.2, 0) is 6.54 Å². The average molecular weight is 318 g/mol. The van der Waals surface area contributed by atoms with Crippen molar-refractivity contribution in [1.29, 1.82) is 0 Å². The lowest BCUT2D eigenvalue weighted by atomic mass is 10.2. The van der Waals surface area contributed by atoms with Gasteiger partial charge in [0.25, 0.3) is 0 Å². The van der Waals surface area contributed by atoms with Crippen molar-refractivity contribution in [3.63, 3.8) is 0 Å². The molecule has 0 radical (unpaired) electrons. The number of fused-ring (bicyclic) bond motifs is 1. The summed E-state index contributed by atoms with van der Waals surface area (Å²) >= 11 is 1.83. The van der Waals surface area contributed by atoms with E-state index in [9.17, 15) is 0 Å². The summed E-state index contributed by atoms with van der Waals surface area (Å²) in [5, 5.41) is 1.18. The molecule has 2 aromatic rings. The van der Waals surface area contributed by atoms with Gasteiger partial charge in [0, 0.05) is 38.8 Å². The maximum Gasteiger partial charge on any atom is 0.186 e. The lowest BCUT2D eigenvalue weighted by molar-refractivity contribution is 0.209. The third kappa shape index (κ3) is 3.42. The summed E-state index contributed by atoms with van der Waals surface area (Å²) in [6, 6.07) is 7.30. The van der Waals surface area contributed by atoms with Crippen LogP contribution < -0.4 is 4.90 Å². The largest absolute Gasteiger partial charge is 0.345 e. The van der Waals surface area contributed by atoms with Gasteiger partial charge in [-0.15, -0.1) is 0 Å². The highest BCUT2D eigenvalue weighted by Crippen LogP contribution is 2.30. The van der Waals surface area contributed by atoms with Gasteiger partial charge in [-0.05, 0) is 45.6 Å². The van der Waals surface area contributed by atoms with Crippen LogP contribution >= 0.6 is 11.3 Å². The van der Waals surface area contributed by atoms with Crippen molar-refractivity contribution in [2.45, 2.75) is 26.4 Å². The molecule has 0 saturated carbocycles. The van der Waals surface area contributed by atoms with Crippen LogP contribution in [0.5, 0.6) is 0 Å². The summed E-state index contributed by atoms with van der Waals surface area (Å²) in [5.74, 6) is 0. The molecule has 0 spiro atoms. The van der Waals surface area contributed by atoms with E-state index in [2.05, 4.69) is 60.8 Å². The molecule has 1 aromatic carbocycles. The third-order valence-electron chi connectivity index (χ3n) is 4.26. The predicted molar refractivity (Wildman–Crippen MR) is 95.9 cm³/mol. The fraction of sp³-hybridized carbons (Fsp3) is 0.588. The lowest BCUT2D eigenvalue weighted by Crippen LogP contribution is -2.48. The number of anilines is 1. The summed E-state index contributed by atoms with van der Waals surface area (Å²) in [6.45, 7) is 9.99. The minimum absolute atomic E-state index is 0.645. The molecule has 120 valence electrons. The molecule has 0 N–H and O–H groups in total. The zero-order valence-electron chi connectivity index (χ0n) is 14.0. The third-order valence-corrected chi connectivity index (χ3v) is 5.33. The summed E-state index contributed by atoms with van der Waals surface area (Å²) < 4.78 is 1.31. The summed E-state index contributed by atoms with van der Waals surface area (Å²) in [4.78, 5) is 12.0. The van der Waals surface area contributed by atoms with Crippen LogP contribution in [0.15, 0.2) is 18.2 Å². The van der Waals surface area contributed by atoms with E-state index in [-0.39, 0.29) is 0 Å². The van der Waals surface area contributed by atoms with E-state index in [0.717, 1.165) is 38.2 Å². The van der Waals surface area contributed by atoms with Gasteiger partial charge in [-0.2, -0.15) is 0 Å². The molecule has 4 nitrogen and oxygen atoms in total.